The Bertz CT molecular complexity index is 1960. The van der Waals surface area contributed by atoms with Crippen molar-refractivity contribution in [2.45, 2.75) is 216 Å². The zero-order chi connectivity index (χ0) is 61.0. The average Bonchev–Trinajstić information content (AvgIpc) is 1.23. The minimum atomic E-state index is -1.70. The predicted octanol–water partition coefficient (Wildman–Crippen LogP) is -6.37. The lowest BCUT2D eigenvalue weighted by atomic mass is 9.98. The first kappa shape index (κ1) is 68.5. The normalized spacial score (nSPS) is 51.8. The summed E-state index contributed by atoms with van der Waals surface area (Å²) in [4.78, 5) is 0. The number of methoxy groups -OCH3 is 14. The van der Waals surface area contributed by atoms with Crippen LogP contribution in [0.4, 0.5) is 0 Å². The second-order valence-corrected chi connectivity index (χ2v) is 20.3. The molecule has 0 aliphatic carbocycles. The van der Waals surface area contributed by atoms with E-state index in [1.165, 1.54) is 99.5 Å². The van der Waals surface area contributed by atoms with Crippen LogP contribution < -0.4 is 0 Å². The van der Waals surface area contributed by atoms with Gasteiger partial charge in [0.1, 0.15) is 128 Å². The molecule has 21 aliphatic heterocycles. The van der Waals surface area contributed by atoms with E-state index >= 15 is 0 Å². The van der Waals surface area contributed by atoms with Crippen molar-refractivity contribution in [3.8, 4) is 0 Å². The summed E-state index contributed by atoms with van der Waals surface area (Å²) in [6, 6.07) is 0. The standard InChI is InChI=1S/C49H84O35/c1-57-22-15(50)29-36(64-8)77-43(22)72-31-17(52)24(59-3)45(79-38(31)66-10)74-33-19(54)26(61-5)47(81-40(33)68-12)76-35-21(56)28(63-7)49(83-42(35)70-14)84-48-27(62-6)20(55)34(41(69-13)82-48)75-46-25(60-4)18(53)32(39(67-11)80-46)73-44-23(58-2)16(51)30(71-29)37(65-9)78-44/h15-56H,1-14H3/t15-,16-,17-,18-,19-,20-,21-,22-,23-,24-,25-,26-,27-,28-,29+,30+,31+,32+,33+,34+,35+,36+,37+,38+,39+,40+,41+,42+,43-,44-,45-,46-,47-,48+,49+/m1/s1. The fourth-order valence-corrected chi connectivity index (χ4v) is 11.5. The van der Waals surface area contributed by atoms with Gasteiger partial charge in [-0.15, -0.1) is 0 Å². The molecular weight excluding hydrogens is 1150 g/mol. The highest BCUT2D eigenvalue weighted by Gasteiger charge is 2.61. The molecule has 0 aromatic rings. The van der Waals surface area contributed by atoms with Gasteiger partial charge in [-0.05, 0) is 0 Å². The van der Waals surface area contributed by atoms with Crippen molar-refractivity contribution in [3.63, 3.8) is 0 Å². The van der Waals surface area contributed by atoms with E-state index in [9.17, 15) is 35.7 Å². The second-order valence-electron chi connectivity index (χ2n) is 20.3. The second kappa shape index (κ2) is 30.6. The fourth-order valence-electron chi connectivity index (χ4n) is 11.5. The first-order valence-corrected chi connectivity index (χ1v) is 26.8. The first-order valence-electron chi connectivity index (χ1n) is 26.8. The molecule has 35 heteroatoms. The van der Waals surface area contributed by atoms with Crippen molar-refractivity contribution in [2.75, 3.05) is 99.5 Å². The molecule has 21 aliphatic rings. The van der Waals surface area contributed by atoms with Crippen molar-refractivity contribution in [2.24, 2.45) is 0 Å². The van der Waals surface area contributed by atoms with Crippen molar-refractivity contribution >= 4 is 0 Å². The van der Waals surface area contributed by atoms with Gasteiger partial charge in [-0.2, -0.15) is 0 Å². The molecule has 0 spiro atoms. The van der Waals surface area contributed by atoms with Gasteiger partial charge < -0.3 is 168 Å². The minimum absolute atomic E-state index is 1.24. The molecule has 21 rings (SSSR count). The van der Waals surface area contributed by atoms with Crippen LogP contribution in [0, 0.1) is 0 Å². The molecule has 0 unspecified atom stereocenters. The van der Waals surface area contributed by atoms with Gasteiger partial charge in [0.25, 0.3) is 0 Å². The summed E-state index contributed by atoms with van der Waals surface area (Å²) in [5.41, 5.74) is 0. The maximum atomic E-state index is 12.0. The van der Waals surface area contributed by atoms with Crippen molar-refractivity contribution in [1.82, 2.24) is 0 Å². The molecule has 35 atom stereocenters. The molecular formula is C49H84O35. The summed E-state index contributed by atoms with van der Waals surface area (Å²) in [7, 11) is 17.4. The van der Waals surface area contributed by atoms with Crippen LogP contribution in [0.15, 0.2) is 0 Å². The highest BCUT2D eigenvalue weighted by Crippen LogP contribution is 2.41. The molecule has 21 heterocycles. The quantitative estimate of drug-likeness (QED) is 0.0850. The van der Waals surface area contributed by atoms with Gasteiger partial charge in [0, 0.05) is 99.5 Å². The SMILES string of the molecule is CO[C@H]1O[C@H]2O[C@@H]3O[C@H](OC)[C@@H](O[C@@H]4O[C@H](OC)[C@@H](O[C@@H]5O[C@H](OC)[C@@H](O[C@@H]6[C@@H](OC)O[C@@H](O[C@@H]7[C@@H](OC)O[C@@H](O[C@@H]8[C@@H](OC)O[C@@H](O[C@H]1[C@H](O)[C@H]2OC)[C@H](OC)[C@H]8O)[C@H](OC)[C@H]7O)[C@H](OC)[C@H]6O)[C@H](O)[C@H]5OC)[C@H](O)[C@H]4OC)[C@H](O)[C@H]3OC. The van der Waals surface area contributed by atoms with E-state index in [-0.39, 0.29) is 0 Å². The zero-order valence-electron chi connectivity index (χ0n) is 48.8. The molecule has 0 radical (unpaired) electrons. The van der Waals surface area contributed by atoms with Crippen molar-refractivity contribution < 1.29 is 168 Å². The van der Waals surface area contributed by atoms with E-state index in [0.29, 0.717) is 0 Å². The Hall–Kier alpha value is -1.40. The highest BCUT2D eigenvalue weighted by atomic mass is 16.9. The number of aliphatic hydroxyl groups is 7. The van der Waals surface area contributed by atoms with Crippen LogP contribution in [0.25, 0.3) is 0 Å². The molecule has 0 amide bonds. The van der Waals surface area contributed by atoms with E-state index in [2.05, 4.69) is 0 Å². The van der Waals surface area contributed by atoms with Crippen LogP contribution in [0.2, 0.25) is 0 Å². The van der Waals surface area contributed by atoms with Crippen LogP contribution in [0.5, 0.6) is 0 Å². The summed E-state index contributed by atoms with van der Waals surface area (Å²) < 4.78 is 167. The van der Waals surface area contributed by atoms with Gasteiger partial charge in [-0.3, -0.25) is 0 Å². The van der Waals surface area contributed by atoms with Gasteiger partial charge in [0.2, 0.25) is 0 Å². The summed E-state index contributed by atoms with van der Waals surface area (Å²) in [6.07, 6.45) is -53.9. The molecule has 84 heavy (non-hydrogen) atoms. The first-order chi connectivity index (χ1) is 40.4. The summed E-state index contributed by atoms with van der Waals surface area (Å²) >= 11 is 0. The lowest BCUT2D eigenvalue weighted by Gasteiger charge is -2.50. The Kier molecular flexibility index (Phi) is 25.0. The fraction of sp³-hybridized carbons (Fsp3) is 1.00. The van der Waals surface area contributed by atoms with Crippen LogP contribution in [0.1, 0.15) is 0 Å². The molecule has 7 N–H and O–H groups in total. The number of ether oxygens (including phenoxy) is 28. The molecule has 0 aromatic heterocycles. The Morgan fingerprint density at radius 2 is 0.298 bits per heavy atom. The molecule has 0 saturated carbocycles. The molecule has 0 aromatic carbocycles. The summed E-state index contributed by atoms with van der Waals surface area (Å²) in [5, 5.41) is 84.2. The number of rotatable bonds is 14. The number of hydrogen-bond acceptors (Lipinski definition) is 35. The van der Waals surface area contributed by atoms with Gasteiger partial charge in [-0.1, -0.05) is 0 Å². The third kappa shape index (κ3) is 13.5. The Morgan fingerprint density at radius 3 is 0.429 bits per heavy atom. The van der Waals surface area contributed by atoms with Gasteiger partial charge in [0.15, 0.2) is 88.1 Å². The number of hydrogen-bond donors (Lipinski definition) is 7. The van der Waals surface area contributed by atoms with Crippen LogP contribution >= 0.6 is 0 Å². The molecule has 21 fully saturated rings. The largest absolute Gasteiger partial charge is 0.387 e. The van der Waals surface area contributed by atoms with Crippen LogP contribution in [0.3, 0.4) is 0 Å². The van der Waals surface area contributed by atoms with E-state index in [1.807, 2.05) is 0 Å². The maximum Gasteiger partial charge on any atom is 0.192 e. The lowest BCUT2D eigenvalue weighted by Crippen LogP contribution is -2.68. The third-order valence-electron chi connectivity index (χ3n) is 15.9. The maximum absolute atomic E-state index is 12.0. The predicted molar refractivity (Wildman–Crippen MR) is 261 cm³/mol. The minimum Gasteiger partial charge on any atom is -0.387 e. The molecule has 35 nitrogen and oxygen atoms in total. The summed E-state index contributed by atoms with van der Waals surface area (Å²) in [6.45, 7) is 0. The average molecular weight is 1230 g/mol. The Balaban J connectivity index is 1.13. The molecule has 21 saturated heterocycles. The Labute approximate surface area is 483 Å². The van der Waals surface area contributed by atoms with E-state index in [1.54, 1.807) is 0 Å². The number of aliphatic hydroxyl groups excluding tert-OH is 7. The van der Waals surface area contributed by atoms with E-state index in [0.717, 1.165) is 0 Å². The zero-order valence-corrected chi connectivity index (χ0v) is 48.8. The van der Waals surface area contributed by atoms with Gasteiger partial charge in [0.05, 0.1) is 0 Å². The van der Waals surface area contributed by atoms with Crippen molar-refractivity contribution in [3.05, 3.63) is 0 Å². The monoisotopic (exact) mass is 1230 g/mol. The highest BCUT2D eigenvalue weighted by molar-refractivity contribution is 5.00. The third-order valence-corrected chi connectivity index (χ3v) is 15.9. The van der Waals surface area contributed by atoms with E-state index < -0.39 is 216 Å². The van der Waals surface area contributed by atoms with E-state index in [4.69, 9.17) is 133 Å². The topological polar surface area (TPSA) is 400 Å². The smallest absolute Gasteiger partial charge is 0.192 e. The van der Waals surface area contributed by atoms with Gasteiger partial charge >= 0.3 is 0 Å². The van der Waals surface area contributed by atoms with Crippen LogP contribution in [-0.4, -0.2) is 352 Å². The summed E-state index contributed by atoms with van der Waals surface area (Å²) in [5.74, 6) is 0. The Morgan fingerprint density at radius 1 is 0.167 bits per heavy atom. The lowest BCUT2D eigenvalue weighted by molar-refractivity contribution is -0.443. The molecule has 14 bridgehead atoms. The molecule has 490 valence electrons. The van der Waals surface area contributed by atoms with Crippen LogP contribution in [-0.2, 0) is 133 Å². The van der Waals surface area contributed by atoms with Crippen molar-refractivity contribution in [1.29, 1.82) is 0 Å². The van der Waals surface area contributed by atoms with Gasteiger partial charge in [-0.25, -0.2) is 0 Å².